The third-order valence-corrected chi connectivity index (χ3v) is 3.14. The quantitative estimate of drug-likeness (QED) is 0.690. The zero-order chi connectivity index (χ0) is 13.6. The Morgan fingerprint density at radius 1 is 1.44 bits per heavy atom. The van der Waals surface area contributed by atoms with Gasteiger partial charge in [-0.1, -0.05) is 51.7 Å². The number of amides is 1. The van der Waals surface area contributed by atoms with Gasteiger partial charge in [-0.2, -0.15) is 0 Å². The summed E-state index contributed by atoms with van der Waals surface area (Å²) in [6, 6.07) is 0. The monoisotopic (exact) mass is 247 g/mol. The number of hydrogen-bond donors (Lipinski definition) is 0. The molecule has 18 heavy (non-hydrogen) atoms. The first kappa shape index (κ1) is 14.7. The van der Waals surface area contributed by atoms with E-state index in [0.717, 1.165) is 6.42 Å². The van der Waals surface area contributed by atoms with Crippen molar-refractivity contribution in [2.24, 2.45) is 11.3 Å². The van der Waals surface area contributed by atoms with E-state index < -0.39 is 0 Å². The Kier molecular flexibility index (Phi) is 5.39. The summed E-state index contributed by atoms with van der Waals surface area (Å²) in [6.45, 7) is 10.1. The molecule has 0 heterocycles. The van der Waals surface area contributed by atoms with Gasteiger partial charge in [0, 0.05) is 12.0 Å². The first-order valence-electron chi connectivity index (χ1n) is 6.70. The Labute approximate surface area is 111 Å². The number of carbonyl (C=O) groups excluding carboxylic acids is 1. The minimum absolute atomic E-state index is 0.116. The molecule has 1 aliphatic rings. The maximum absolute atomic E-state index is 12.1. The Morgan fingerprint density at radius 3 is 2.67 bits per heavy atom. The topological polar surface area (TPSA) is 20.3 Å². The summed E-state index contributed by atoms with van der Waals surface area (Å²) in [5, 5.41) is 0. The van der Waals surface area contributed by atoms with E-state index in [1.54, 1.807) is 11.1 Å². The van der Waals surface area contributed by atoms with Crippen LogP contribution in [0.2, 0.25) is 0 Å². The highest BCUT2D eigenvalue weighted by Crippen LogP contribution is 2.20. The average molecular weight is 247 g/mol. The summed E-state index contributed by atoms with van der Waals surface area (Å²) in [4.78, 5) is 13.8. The lowest BCUT2D eigenvalue weighted by molar-refractivity contribution is -0.136. The largest absolute Gasteiger partial charge is 0.315 e. The van der Waals surface area contributed by atoms with E-state index in [9.17, 15) is 4.79 Å². The fraction of sp³-hybridized carbons (Fsp3) is 0.562. The van der Waals surface area contributed by atoms with Crippen LogP contribution in [-0.2, 0) is 4.79 Å². The Bertz CT molecular complexity index is 347. The molecule has 0 N–H and O–H groups in total. The lowest BCUT2D eigenvalue weighted by Crippen LogP contribution is -2.35. The molecule has 1 atom stereocenters. The van der Waals surface area contributed by atoms with E-state index in [-0.39, 0.29) is 11.3 Å². The SMILES string of the molecule is C=CN(C/C=C\C1CC=CCC1)C(=O)C(C)(C)C. The summed E-state index contributed by atoms with van der Waals surface area (Å²) in [5.74, 6) is 0.747. The third kappa shape index (κ3) is 4.52. The van der Waals surface area contributed by atoms with Crippen molar-refractivity contribution in [3.63, 3.8) is 0 Å². The molecule has 0 aromatic heterocycles. The second-order valence-corrected chi connectivity index (χ2v) is 5.86. The summed E-state index contributed by atoms with van der Waals surface area (Å²) in [5.41, 5.74) is -0.352. The minimum atomic E-state index is -0.352. The molecule has 2 nitrogen and oxygen atoms in total. The first-order chi connectivity index (χ1) is 8.45. The van der Waals surface area contributed by atoms with Gasteiger partial charge in [-0.3, -0.25) is 4.79 Å². The van der Waals surface area contributed by atoms with Crippen LogP contribution in [0.3, 0.4) is 0 Å². The molecule has 0 aromatic carbocycles. The molecule has 0 aliphatic heterocycles. The van der Waals surface area contributed by atoms with Crippen LogP contribution in [0.1, 0.15) is 40.0 Å². The van der Waals surface area contributed by atoms with Crippen molar-refractivity contribution in [2.45, 2.75) is 40.0 Å². The molecule has 0 aromatic rings. The smallest absolute Gasteiger partial charge is 0.232 e. The maximum Gasteiger partial charge on any atom is 0.232 e. The van der Waals surface area contributed by atoms with Crippen molar-refractivity contribution in [2.75, 3.05) is 6.54 Å². The van der Waals surface area contributed by atoms with Crippen molar-refractivity contribution in [1.82, 2.24) is 4.90 Å². The highest BCUT2D eigenvalue weighted by Gasteiger charge is 2.25. The maximum atomic E-state index is 12.1. The van der Waals surface area contributed by atoms with E-state index in [2.05, 4.69) is 30.9 Å². The number of nitrogens with zero attached hydrogens (tertiary/aromatic N) is 1. The van der Waals surface area contributed by atoms with E-state index >= 15 is 0 Å². The second kappa shape index (κ2) is 6.58. The lowest BCUT2D eigenvalue weighted by atomic mass is 9.93. The van der Waals surface area contributed by atoms with E-state index in [1.165, 1.54) is 12.8 Å². The molecule has 0 fully saturated rings. The van der Waals surface area contributed by atoms with Crippen LogP contribution in [0.5, 0.6) is 0 Å². The highest BCUT2D eigenvalue weighted by atomic mass is 16.2. The molecule has 1 amide bonds. The summed E-state index contributed by atoms with van der Waals surface area (Å²) >= 11 is 0. The Morgan fingerprint density at radius 2 is 2.17 bits per heavy atom. The van der Waals surface area contributed by atoms with E-state index in [0.29, 0.717) is 12.5 Å². The van der Waals surface area contributed by atoms with Gasteiger partial charge in [-0.25, -0.2) is 0 Å². The fourth-order valence-electron chi connectivity index (χ4n) is 2.03. The molecule has 1 aliphatic carbocycles. The Balaban J connectivity index is 2.49. The fourth-order valence-corrected chi connectivity index (χ4v) is 2.03. The van der Waals surface area contributed by atoms with Gasteiger partial charge < -0.3 is 4.90 Å². The molecule has 0 spiro atoms. The predicted molar refractivity (Wildman–Crippen MR) is 77.0 cm³/mol. The van der Waals surface area contributed by atoms with Gasteiger partial charge in [0.1, 0.15) is 0 Å². The van der Waals surface area contributed by atoms with E-state index in [4.69, 9.17) is 0 Å². The zero-order valence-electron chi connectivity index (χ0n) is 11.9. The molecular formula is C16H25NO. The van der Waals surface area contributed by atoms with Crippen LogP contribution < -0.4 is 0 Å². The molecule has 100 valence electrons. The molecule has 0 saturated heterocycles. The van der Waals surface area contributed by atoms with Gasteiger partial charge in [0.2, 0.25) is 5.91 Å². The van der Waals surface area contributed by atoms with Crippen molar-refractivity contribution in [3.8, 4) is 0 Å². The molecule has 0 saturated carbocycles. The third-order valence-electron chi connectivity index (χ3n) is 3.14. The second-order valence-electron chi connectivity index (χ2n) is 5.86. The van der Waals surface area contributed by atoms with Crippen LogP contribution in [0, 0.1) is 11.3 Å². The summed E-state index contributed by atoms with van der Waals surface area (Å²) in [7, 11) is 0. The van der Waals surface area contributed by atoms with Gasteiger partial charge in [-0.05, 0) is 31.4 Å². The van der Waals surface area contributed by atoms with Gasteiger partial charge in [0.05, 0.1) is 0 Å². The average Bonchev–Trinajstić information content (AvgIpc) is 2.34. The van der Waals surface area contributed by atoms with Gasteiger partial charge in [-0.15, -0.1) is 0 Å². The molecule has 0 bridgehead atoms. The van der Waals surface area contributed by atoms with E-state index in [1.807, 2.05) is 20.8 Å². The molecular weight excluding hydrogens is 222 g/mol. The number of rotatable bonds is 4. The lowest BCUT2D eigenvalue weighted by Gasteiger charge is -2.25. The molecule has 2 heteroatoms. The van der Waals surface area contributed by atoms with Crippen LogP contribution in [-0.4, -0.2) is 17.4 Å². The van der Waals surface area contributed by atoms with Gasteiger partial charge >= 0.3 is 0 Å². The predicted octanol–water partition coefficient (Wildman–Crippen LogP) is 3.92. The summed E-state index contributed by atoms with van der Waals surface area (Å²) in [6.07, 6.45) is 13.9. The summed E-state index contributed by atoms with van der Waals surface area (Å²) < 4.78 is 0. The van der Waals surface area contributed by atoms with Crippen molar-refractivity contribution < 1.29 is 4.79 Å². The van der Waals surface area contributed by atoms with Crippen LogP contribution >= 0.6 is 0 Å². The van der Waals surface area contributed by atoms with Crippen LogP contribution in [0.4, 0.5) is 0 Å². The molecule has 1 rings (SSSR count). The van der Waals surface area contributed by atoms with Gasteiger partial charge in [0.15, 0.2) is 0 Å². The highest BCUT2D eigenvalue weighted by molar-refractivity contribution is 5.82. The zero-order valence-corrected chi connectivity index (χ0v) is 11.9. The minimum Gasteiger partial charge on any atom is -0.315 e. The number of carbonyl (C=O) groups is 1. The molecule has 0 radical (unpaired) electrons. The normalized spacial score (nSPS) is 20.1. The Hall–Kier alpha value is -1.31. The number of hydrogen-bond acceptors (Lipinski definition) is 1. The van der Waals surface area contributed by atoms with Crippen molar-refractivity contribution >= 4 is 5.91 Å². The first-order valence-corrected chi connectivity index (χ1v) is 6.70. The van der Waals surface area contributed by atoms with Crippen LogP contribution in [0.25, 0.3) is 0 Å². The van der Waals surface area contributed by atoms with Crippen LogP contribution in [0.15, 0.2) is 37.1 Å². The standard InChI is InChI=1S/C16H25NO/c1-5-17(15(18)16(2,3)4)13-9-12-14-10-7-6-8-11-14/h5-7,9,12,14H,1,8,10-11,13H2,2-4H3/b12-9-. The van der Waals surface area contributed by atoms with Gasteiger partial charge in [0.25, 0.3) is 0 Å². The van der Waals surface area contributed by atoms with Crippen molar-refractivity contribution in [1.29, 1.82) is 0 Å². The molecule has 1 unspecified atom stereocenters. The van der Waals surface area contributed by atoms with Crippen molar-refractivity contribution in [3.05, 3.63) is 37.1 Å². The number of allylic oxidation sites excluding steroid dienone is 3.